The number of rotatable bonds is 6. The molecule has 1 heterocycles. The molecule has 1 unspecified atom stereocenters. The van der Waals surface area contributed by atoms with Gasteiger partial charge in [0.1, 0.15) is 0 Å². The second-order valence-electron chi connectivity index (χ2n) is 5.23. The Kier molecular flexibility index (Phi) is 7.14. The van der Waals surface area contributed by atoms with Gasteiger partial charge in [0.15, 0.2) is 0 Å². The monoisotopic (exact) mass is 300 g/mol. The fourth-order valence-electron chi connectivity index (χ4n) is 2.41. The highest BCUT2D eigenvalue weighted by molar-refractivity contribution is 5.81. The molecule has 0 aromatic carbocycles. The molecular formula is C14H24N2O5. The van der Waals surface area contributed by atoms with Gasteiger partial charge in [-0.15, -0.1) is 0 Å². The first-order valence-corrected chi connectivity index (χ1v) is 7.13. The minimum absolute atomic E-state index is 0.00847. The first kappa shape index (κ1) is 17.4. The molecule has 7 heteroatoms. The van der Waals surface area contributed by atoms with Gasteiger partial charge in [-0.2, -0.15) is 0 Å². The molecule has 1 fully saturated rings. The summed E-state index contributed by atoms with van der Waals surface area (Å²) < 4.78 is 9.17. The number of nitrogens with zero attached hydrogens (tertiary/aromatic N) is 2. The highest BCUT2D eigenvalue weighted by atomic mass is 16.5. The third-order valence-corrected chi connectivity index (χ3v) is 3.64. The highest BCUT2D eigenvalue weighted by Crippen LogP contribution is 2.16. The average Bonchev–Trinajstić information content (AvgIpc) is 2.47. The molecule has 7 nitrogen and oxygen atoms in total. The van der Waals surface area contributed by atoms with E-state index >= 15 is 0 Å². The number of likely N-dealkylation sites (tertiary alicyclic amines) is 1. The van der Waals surface area contributed by atoms with Crippen molar-refractivity contribution < 1.29 is 23.9 Å². The van der Waals surface area contributed by atoms with Gasteiger partial charge in [0, 0.05) is 12.6 Å². The number of esters is 2. The summed E-state index contributed by atoms with van der Waals surface area (Å²) in [6.07, 6.45) is 3.10. The van der Waals surface area contributed by atoms with Gasteiger partial charge < -0.3 is 14.4 Å². The molecule has 1 rings (SSSR count). The standard InChI is InChI=1S/C14H24N2O5/c1-11-6-4-5-7-16(11)12(17)8-15(9-13(18)20-2)10-14(19)21-3/h11H,4-10H2,1-3H3. The zero-order chi connectivity index (χ0) is 15.8. The van der Waals surface area contributed by atoms with Crippen LogP contribution >= 0.6 is 0 Å². The average molecular weight is 300 g/mol. The van der Waals surface area contributed by atoms with E-state index < -0.39 is 11.9 Å². The predicted molar refractivity (Wildman–Crippen MR) is 75.5 cm³/mol. The van der Waals surface area contributed by atoms with Gasteiger partial charge in [-0.3, -0.25) is 19.3 Å². The minimum atomic E-state index is -0.488. The molecule has 0 radical (unpaired) electrons. The number of carbonyl (C=O) groups excluding carboxylic acids is 3. The molecule has 120 valence electrons. The van der Waals surface area contributed by atoms with Crippen molar-refractivity contribution in [1.29, 1.82) is 0 Å². The van der Waals surface area contributed by atoms with Crippen LogP contribution in [0, 0.1) is 0 Å². The summed E-state index contributed by atoms with van der Waals surface area (Å²) in [7, 11) is 2.54. The molecule has 0 aromatic heterocycles. The van der Waals surface area contributed by atoms with E-state index in [9.17, 15) is 14.4 Å². The van der Waals surface area contributed by atoms with E-state index in [1.54, 1.807) is 0 Å². The lowest BCUT2D eigenvalue weighted by Crippen LogP contribution is -2.48. The van der Waals surface area contributed by atoms with Crippen LogP contribution in [0.1, 0.15) is 26.2 Å². The van der Waals surface area contributed by atoms with Crippen molar-refractivity contribution in [3.63, 3.8) is 0 Å². The lowest BCUT2D eigenvalue weighted by Gasteiger charge is -2.34. The Morgan fingerprint density at radius 2 is 1.62 bits per heavy atom. The fourth-order valence-corrected chi connectivity index (χ4v) is 2.41. The highest BCUT2D eigenvalue weighted by Gasteiger charge is 2.26. The molecule has 1 atom stereocenters. The third kappa shape index (κ3) is 5.71. The molecule has 0 aromatic rings. The van der Waals surface area contributed by atoms with Crippen molar-refractivity contribution in [3.8, 4) is 0 Å². The molecule has 0 bridgehead atoms. The van der Waals surface area contributed by atoms with Gasteiger partial charge in [-0.05, 0) is 26.2 Å². The smallest absolute Gasteiger partial charge is 0.319 e. The van der Waals surface area contributed by atoms with E-state index in [4.69, 9.17) is 0 Å². The Labute approximate surface area is 125 Å². The number of amides is 1. The summed E-state index contributed by atoms with van der Waals surface area (Å²) >= 11 is 0. The van der Waals surface area contributed by atoms with E-state index in [2.05, 4.69) is 9.47 Å². The summed E-state index contributed by atoms with van der Waals surface area (Å²) in [6, 6.07) is 0.198. The summed E-state index contributed by atoms with van der Waals surface area (Å²) in [5.74, 6) is -1.05. The number of hydrogen-bond acceptors (Lipinski definition) is 6. The van der Waals surface area contributed by atoms with Crippen molar-refractivity contribution in [2.75, 3.05) is 40.4 Å². The van der Waals surface area contributed by atoms with Gasteiger partial charge >= 0.3 is 11.9 Å². The van der Waals surface area contributed by atoms with Crippen molar-refractivity contribution >= 4 is 17.8 Å². The van der Waals surface area contributed by atoms with E-state index in [1.807, 2.05) is 11.8 Å². The minimum Gasteiger partial charge on any atom is -0.468 e. The van der Waals surface area contributed by atoms with Crippen LogP contribution in [0.3, 0.4) is 0 Å². The predicted octanol–water partition coefficient (Wildman–Crippen LogP) is 0.0354. The molecular weight excluding hydrogens is 276 g/mol. The maximum Gasteiger partial charge on any atom is 0.319 e. The topological polar surface area (TPSA) is 76.1 Å². The van der Waals surface area contributed by atoms with Crippen LogP contribution in [-0.2, 0) is 23.9 Å². The van der Waals surface area contributed by atoms with Crippen LogP contribution in [0.2, 0.25) is 0 Å². The second kappa shape index (κ2) is 8.61. The molecule has 1 saturated heterocycles. The molecule has 1 aliphatic rings. The summed E-state index contributed by atoms with van der Waals surface area (Å²) in [5, 5.41) is 0. The lowest BCUT2D eigenvalue weighted by molar-refractivity contribution is -0.147. The lowest BCUT2D eigenvalue weighted by atomic mass is 10.0. The number of methoxy groups -OCH3 is 2. The Morgan fingerprint density at radius 3 is 2.10 bits per heavy atom. The van der Waals surface area contributed by atoms with Crippen molar-refractivity contribution in [1.82, 2.24) is 9.80 Å². The maximum absolute atomic E-state index is 12.3. The van der Waals surface area contributed by atoms with Crippen LogP contribution in [0.25, 0.3) is 0 Å². The van der Waals surface area contributed by atoms with E-state index in [0.717, 1.165) is 25.8 Å². The number of carbonyl (C=O) groups is 3. The SMILES string of the molecule is COC(=O)CN(CC(=O)OC)CC(=O)N1CCCCC1C. The fraction of sp³-hybridized carbons (Fsp3) is 0.786. The molecule has 0 spiro atoms. The second-order valence-corrected chi connectivity index (χ2v) is 5.23. The van der Waals surface area contributed by atoms with E-state index in [-0.39, 0.29) is 31.6 Å². The Bertz CT molecular complexity index is 368. The van der Waals surface area contributed by atoms with Crippen LogP contribution in [0.4, 0.5) is 0 Å². The molecule has 21 heavy (non-hydrogen) atoms. The van der Waals surface area contributed by atoms with Crippen molar-refractivity contribution in [2.45, 2.75) is 32.2 Å². The molecule has 0 saturated carbocycles. The molecule has 1 aliphatic heterocycles. The first-order valence-electron chi connectivity index (χ1n) is 7.13. The van der Waals surface area contributed by atoms with Crippen molar-refractivity contribution in [2.24, 2.45) is 0 Å². The first-order chi connectivity index (χ1) is 9.97. The van der Waals surface area contributed by atoms with Gasteiger partial charge in [0.2, 0.25) is 5.91 Å². The van der Waals surface area contributed by atoms with E-state index in [1.165, 1.54) is 19.1 Å². The maximum atomic E-state index is 12.3. The van der Waals surface area contributed by atoms with Crippen LogP contribution in [0.15, 0.2) is 0 Å². The number of ether oxygens (including phenoxy) is 2. The van der Waals surface area contributed by atoms with Crippen LogP contribution in [-0.4, -0.2) is 74.1 Å². The van der Waals surface area contributed by atoms with Gasteiger partial charge in [-0.1, -0.05) is 0 Å². The van der Waals surface area contributed by atoms with Gasteiger partial charge in [-0.25, -0.2) is 0 Å². The van der Waals surface area contributed by atoms with Gasteiger partial charge in [0.25, 0.3) is 0 Å². The summed E-state index contributed by atoms with van der Waals surface area (Å²) in [6.45, 7) is 2.53. The largest absolute Gasteiger partial charge is 0.468 e. The Hall–Kier alpha value is -1.63. The zero-order valence-electron chi connectivity index (χ0n) is 13.0. The third-order valence-electron chi connectivity index (χ3n) is 3.64. The Morgan fingerprint density at radius 1 is 1.05 bits per heavy atom. The zero-order valence-corrected chi connectivity index (χ0v) is 13.0. The van der Waals surface area contributed by atoms with E-state index in [0.29, 0.717) is 0 Å². The summed E-state index contributed by atoms with van der Waals surface area (Å²) in [4.78, 5) is 38.3. The summed E-state index contributed by atoms with van der Waals surface area (Å²) in [5.41, 5.74) is 0. The molecule has 1 amide bonds. The van der Waals surface area contributed by atoms with Crippen LogP contribution < -0.4 is 0 Å². The van der Waals surface area contributed by atoms with Crippen molar-refractivity contribution in [3.05, 3.63) is 0 Å². The Balaban J connectivity index is 2.62. The normalized spacial score (nSPS) is 18.5. The number of piperidine rings is 1. The van der Waals surface area contributed by atoms with Gasteiger partial charge in [0.05, 0.1) is 33.9 Å². The molecule has 0 N–H and O–H groups in total. The quantitative estimate of drug-likeness (QED) is 0.645. The molecule has 0 aliphatic carbocycles. The van der Waals surface area contributed by atoms with Crippen LogP contribution in [0.5, 0.6) is 0 Å². The number of hydrogen-bond donors (Lipinski definition) is 0.